The van der Waals surface area contributed by atoms with Gasteiger partial charge in [0.05, 0.1) is 0 Å². The molecule has 4 heteroatoms. The standard InChI is InChI=1S/C13H12O4/c14-6-5-8-7-11(13(16)17)12(15)10-4-2-1-3-9(8)10/h1-4,7,14-15H,5-6H2,(H,16,17). The molecule has 0 amide bonds. The zero-order chi connectivity index (χ0) is 12.4. The maximum atomic E-state index is 11.0. The van der Waals surface area contributed by atoms with Crippen LogP contribution >= 0.6 is 0 Å². The van der Waals surface area contributed by atoms with E-state index in [0.29, 0.717) is 11.8 Å². The third-order valence-corrected chi connectivity index (χ3v) is 2.71. The fourth-order valence-corrected chi connectivity index (χ4v) is 1.93. The summed E-state index contributed by atoms with van der Waals surface area (Å²) in [5, 5.41) is 29.1. The zero-order valence-electron chi connectivity index (χ0n) is 9.05. The van der Waals surface area contributed by atoms with Gasteiger partial charge < -0.3 is 15.3 Å². The van der Waals surface area contributed by atoms with Gasteiger partial charge in [0, 0.05) is 12.0 Å². The third kappa shape index (κ3) is 1.94. The summed E-state index contributed by atoms with van der Waals surface area (Å²) in [5.74, 6) is -1.40. The summed E-state index contributed by atoms with van der Waals surface area (Å²) < 4.78 is 0. The molecule has 0 saturated carbocycles. The number of hydrogen-bond donors (Lipinski definition) is 3. The van der Waals surface area contributed by atoms with Crippen molar-refractivity contribution in [2.75, 3.05) is 6.61 Å². The van der Waals surface area contributed by atoms with Gasteiger partial charge in [0.1, 0.15) is 11.3 Å². The van der Waals surface area contributed by atoms with Crippen LogP contribution in [0.2, 0.25) is 0 Å². The van der Waals surface area contributed by atoms with Crippen molar-refractivity contribution in [1.82, 2.24) is 0 Å². The summed E-state index contributed by atoms with van der Waals surface area (Å²) in [6.45, 7) is -0.0617. The highest BCUT2D eigenvalue weighted by Crippen LogP contribution is 2.31. The molecule has 0 aliphatic carbocycles. The van der Waals surface area contributed by atoms with Crippen molar-refractivity contribution in [2.24, 2.45) is 0 Å². The van der Waals surface area contributed by atoms with E-state index in [1.165, 1.54) is 6.07 Å². The Labute approximate surface area is 97.8 Å². The fraction of sp³-hybridized carbons (Fsp3) is 0.154. The number of benzene rings is 2. The first-order valence-electron chi connectivity index (χ1n) is 5.23. The van der Waals surface area contributed by atoms with E-state index >= 15 is 0 Å². The Morgan fingerprint density at radius 2 is 1.82 bits per heavy atom. The SMILES string of the molecule is O=C(O)c1cc(CCO)c2ccccc2c1O. The predicted molar refractivity (Wildman–Crippen MR) is 63.4 cm³/mol. The van der Waals surface area contributed by atoms with Gasteiger partial charge in [-0.25, -0.2) is 4.79 Å². The number of carbonyl (C=O) groups is 1. The quantitative estimate of drug-likeness (QED) is 0.753. The van der Waals surface area contributed by atoms with Crippen molar-refractivity contribution in [3.63, 3.8) is 0 Å². The van der Waals surface area contributed by atoms with Gasteiger partial charge >= 0.3 is 5.97 Å². The maximum Gasteiger partial charge on any atom is 0.339 e. The first-order valence-corrected chi connectivity index (χ1v) is 5.23. The Kier molecular flexibility index (Phi) is 2.97. The van der Waals surface area contributed by atoms with Gasteiger partial charge in [0.2, 0.25) is 0 Å². The van der Waals surface area contributed by atoms with Crippen molar-refractivity contribution >= 4 is 16.7 Å². The Bertz CT molecular complexity index is 575. The molecule has 0 radical (unpaired) electrons. The molecule has 0 bridgehead atoms. The molecular formula is C13H12O4. The molecule has 0 fully saturated rings. The van der Waals surface area contributed by atoms with Crippen LogP contribution in [0, 0.1) is 0 Å². The molecule has 0 aliphatic rings. The Morgan fingerprint density at radius 1 is 1.18 bits per heavy atom. The lowest BCUT2D eigenvalue weighted by Crippen LogP contribution is -2.01. The van der Waals surface area contributed by atoms with E-state index in [0.717, 1.165) is 10.9 Å². The van der Waals surface area contributed by atoms with Gasteiger partial charge in [-0.1, -0.05) is 24.3 Å². The molecule has 2 aromatic rings. The molecule has 0 aromatic heterocycles. The number of hydrogen-bond acceptors (Lipinski definition) is 3. The first-order chi connectivity index (χ1) is 8.15. The Morgan fingerprint density at radius 3 is 2.41 bits per heavy atom. The van der Waals surface area contributed by atoms with Crippen LogP contribution in [0.15, 0.2) is 30.3 Å². The minimum absolute atomic E-state index is 0.0617. The molecule has 3 N–H and O–H groups in total. The molecule has 17 heavy (non-hydrogen) atoms. The second kappa shape index (κ2) is 4.43. The lowest BCUT2D eigenvalue weighted by atomic mass is 9.98. The number of aliphatic hydroxyl groups is 1. The molecule has 0 spiro atoms. The van der Waals surface area contributed by atoms with Crippen molar-refractivity contribution in [3.05, 3.63) is 41.5 Å². The van der Waals surface area contributed by atoms with E-state index in [1.807, 2.05) is 6.07 Å². The number of aliphatic hydroxyl groups excluding tert-OH is 1. The van der Waals surface area contributed by atoms with E-state index in [1.54, 1.807) is 18.2 Å². The van der Waals surface area contributed by atoms with Gasteiger partial charge in [0.15, 0.2) is 0 Å². The van der Waals surface area contributed by atoms with Crippen LogP contribution in [0.25, 0.3) is 10.8 Å². The van der Waals surface area contributed by atoms with Crippen LogP contribution < -0.4 is 0 Å². The molecule has 0 atom stereocenters. The largest absolute Gasteiger partial charge is 0.506 e. The first kappa shape index (κ1) is 11.4. The molecule has 4 nitrogen and oxygen atoms in total. The lowest BCUT2D eigenvalue weighted by molar-refractivity contribution is 0.0694. The minimum atomic E-state index is -1.17. The number of fused-ring (bicyclic) bond motifs is 1. The molecule has 2 rings (SSSR count). The topological polar surface area (TPSA) is 77.8 Å². The third-order valence-electron chi connectivity index (χ3n) is 2.71. The normalized spacial score (nSPS) is 10.6. The summed E-state index contributed by atoms with van der Waals surface area (Å²) in [7, 11) is 0. The molecule has 2 aromatic carbocycles. The van der Waals surface area contributed by atoms with Gasteiger partial charge in [-0.05, 0) is 23.4 Å². The van der Waals surface area contributed by atoms with Crippen LogP contribution in [-0.4, -0.2) is 27.9 Å². The van der Waals surface area contributed by atoms with Crippen molar-refractivity contribution in [2.45, 2.75) is 6.42 Å². The highest BCUT2D eigenvalue weighted by molar-refractivity contribution is 6.01. The molecule has 0 heterocycles. The molecular weight excluding hydrogens is 220 g/mol. The highest BCUT2D eigenvalue weighted by Gasteiger charge is 2.15. The number of aromatic hydroxyl groups is 1. The Hall–Kier alpha value is -2.07. The number of aromatic carboxylic acids is 1. The summed E-state index contributed by atoms with van der Waals surface area (Å²) in [6, 6.07) is 8.42. The lowest BCUT2D eigenvalue weighted by Gasteiger charge is -2.10. The summed E-state index contributed by atoms with van der Waals surface area (Å²) in [5.41, 5.74) is 0.588. The van der Waals surface area contributed by atoms with Crippen LogP contribution in [0.3, 0.4) is 0 Å². The van der Waals surface area contributed by atoms with E-state index in [9.17, 15) is 9.90 Å². The van der Waals surface area contributed by atoms with E-state index in [2.05, 4.69) is 0 Å². The van der Waals surface area contributed by atoms with Crippen molar-refractivity contribution in [3.8, 4) is 5.75 Å². The van der Waals surface area contributed by atoms with Crippen molar-refractivity contribution in [1.29, 1.82) is 0 Å². The fourth-order valence-electron chi connectivity index (χ4n) is 1.93. The second-order valence-electron chi connectivity index (χ2n) is 3.76. The second-order valence-corrected chi connectivity index (χ2v) is 3.76. The van der Waals surface area contributed by atoms with E-state index < -0.39 is 5.97 Å². The number of carboxylic acids is 1. The summed E-state index contributed by atoms with van der Waals surface area (Å²) in [6.07, 6.45) is 0.362. The minimum Gasteiger partial charge on any atom is -0.506 e. The number of rotatable bonds is 3. The molecule has 0 saturated heterocycles. The highest BCUT2D eigenvalue weighted by atomic mass is 16.4. The van der Waals surface area contributed by atoms with Gasteiger partial charge in [-0.3, -0.25) is 0 Å². The van der Waals surface area contributed by atoms with Gasteiger partial charge in [-0.2, -0.15) is 0 Å². The van der Waals surface area contributed by atoms with Crippen LogP contribution in [0.5, 0.6) is 5.75 Å². The predicted octanol–water partition coefficient (Wildman–Crippen LogP) is 1.78. The monoisotopic (exact) mass is 232 g/mol. The zero-order valence-corrected chi connectivity index (χ0v) is 9.05. The molecule has 0 aliphatic heterocycles. The average molecular weight is 232 g/mol. The van der Waals surface area contributed by atoms with Crippen molar-refractivity contribution < 1.29 is 20.1 Å². The smallest absolute Gasteiger partial charge is 0.339 e. The van der Waals surface area contributed by atoms with Crippen LogP contribution in [-0.2, 0) is 6.42 Å². The van der Waals surface area contributed by atoms with Crippen LogP contribution in [0.1, 0.15) is 15.9 Å². The van der Waals surface area contributed by atoms with Gasteiger partial charge in [0.25, 0.3) is 0 Å². The van der Waals surface area contributed by atoms with Crippen LogP contribution in [0.4, 0.5) is 0 Å². The summed E-state index contributed by atoms with van der Waals surface area (Å²) >= 11 is 0. The Balaban J connectivity index is 2.79. The van der Waals surface area contributed by atoms with E-state index in [4.69, 9.17) is 10.2 Å². The average Bonchev–Trinajstić information content (AvgIpc) is 2.33. The summed E-state index contributed by atoms with van der Waals surface area (Å²) in [4.78, 5) is 11.0. The number of phenols is 1. The van der Waals surface area contributed by atoms with E-state index in [-0.39, 0.29) is 17.9 Å². The maximum absolute atomic E-state index is 11.0. The van der Waals surface area contributed by atoms with Gasteiger partial charge in [-0.15, -0.1) is 0 Å². The number of carboxylic acid groups (broad SMARTS) is 1. The molecule has 88 valence electrons. The molecule has 0 unspecified atom stereocenters.